The van der Waals surface area contributed by atoms with Crippen LogP contribution in [-0.2, 0) is 19.1 Å². The van der Waals surface area contributed by atoms with Gasteiger partial charge in [0.2, 0.25) is 11.8 Å². The number of carbonyl (C=O) groups is 3. The van der Waals surface area contributed by atoms with E-state index in [0.717, 1.165) is 5.56 Å². The molecular weight excluding hydrogens is 332 g/mol. The van der Waals surface area contributed by atoms with Gasteiger partial charge in [0, 0.05) is 18.7 Å². The molecule has 0 radical (unpaired) electrons. The third kappa shape index (κ3) is 3.49. The van der Waals surface area contributed by atoms with Crippen LogP contribution in [0.1, 0.15) is 25.3 Å². The fourth-order valence-corrected chi connectivity index (χ4v) is 4.03. The van der Waals surface area contributed by atoms with Gasteiger partial charge in [-0.15, -0.1) is 0 Å². The standard InChI is InChI=1S/C20H24N2O4/c1-3-17-16(20(25)26-2)11-15-12-21(13-19(24)22(15)17)18(23)10-9-14-7-5-4-6-8-14/h4-10,15-17H,3,11-13H2,1-2H3/b10-9+/t15-,16-,17-/m0/s1. The largest absolute Gasteiger partial charge is 0.469 e. The molecule has 0 saturated carbocycles. The monoisotopic (exact) mass is 356 g/mol. The van der Waals surface area contributed by atoms with Crippen LogP contribution in [0, 0.1) is 5.92 Å². The van der Waals surface area contributed by atoms with Crippen LogP contribution in [0.3, 0.4) is 0 Å². The van der Waals surface area contributed by atoms with E-state index in [2.05, 4.69) is 0 Å². The van der Waals surface area contributed by atoms with E-state index in [1.807, 2.05) is 37.3 Å². The van der Waals surface area contributed by atoms with Crippen molar-refractivity contribution in [3.63, 3.8) is 0 Å². The van der Waals surface area contributed by atoms with E-state index in [1.165, 1.54) is 13.2 Å². The van der Waals surface area contributed by atoms with Gasteiger partial charge in [-0.1, -0.05) is 37.3 Å². The molecule has 2 heterocycles. The Kier molecular flexibility index (Phi) is 5.40. The van der Waals surface area contributed by atoms with Crippen LogP contribution in [0.2, 0.25) is 0 Å². The molecule has 2 saturated heterocycles. The summed E-state index contributed by atoms with van der Waals surface area (Å²) in [5.74, 6) is -0.868. The number of ether oxygens (including phenoxy) is 1. The quantitative estimate of drug-likeness (QED) is 0.608. The molecule has 0 bridgehead atoms. The van der Waals surface area contributed by atoms with Crippen molar-refractivity contribution in [2.75, 3.05) is 20.2 Å². The fourth-order valence-electron chi connectivity index (χ4n) is 4.03. The molecule has 2 aliphatic rings. The van der Waals surface area contributed by atoms with Crippen molar-refractivity contribution in [2.45, 2.75) is 31.8 Å². The first-order chi connectivity index (χ1) is 12.5. The molecule has 2 amide bonds. The number of carbonyl (C=O) groups excluding carboxylic acids is 3. The Morgan fingerprint density at radius 2 is 2.00 bits per heavy atom. The number of esters is 1. The molecule has 0 aliphatic carbocycles. The van der Waals surface area contributed by atoms with Gasteiger partial charge in [-0.3, -0.25) is 14.4 Å². The summed E-state index contributed by atoms with van der Waals surface area (Å²) in [4.78, 5) is 40.6. The predicted molar refractivity (Wildman–Crippen MR) is 96.9 cm³/mol. The molecule has 1 aromatic rings. The van der Waals surface area contributed by atoms with Crippen molar-refractivity contribution in [1.82, 2.24) is 9.80 Å². The normalized spacial score (nSPS) is 25.5. The lowest BCUT2D eigenvalue weighted by atomic mass is 9.97. The maximum absolute atomic E-state index is 12.6. The average Bonchev–Trinajstić information content (AvgIpc) is 3.05. The molecule has 2 aliphatic heterocycles. The van der Waals surface area contributed by atoms with Gasteiger partial charge in [0.25, 0.3) is 0 Å². The van der Waals surface area contributed by atoms with E-state index in [9.17, 15) is 14.4 Å². The summed E-state index contributed by atoms with van der Waals surface area (Å²) in [6.45, 7) is 2.48. The first-order valence-corrected chi connectivity index (χ1v) is 8.96. The van der Waals surface area contributed by atoms with Crippen LogP contribution in [0.4, 0.5) is 0 Å². The van der Waals surface area contributed by atoms with Gasteiger partial charge in [-0.2, -0.15) is 0 Å². The number of fused-ring (bicyclic) bond motifs is 1. The smallest absolute Gasteiger partial charge is 0.310 e. The predicted octanol–water partition coefficient (Wildman–Crippen LogP) is 1.71. The zero-order valence-corrected chi connectivity index (χ0v) is 15.1. The third-order valence-electron chi connectivity index (χ3n) is 5.24. The Labute approximate surface area is 153 Å². The molecule has 1 aromatic carbocycles. The summed E-state index contributed by atoms with van der Waals surface area (Å²) < 4.78 is 4.90. The van der Waals surface area contributed by atoms with E-state index in [1.54, 1.807) is 15.9 Å². The van der Waals surface area contributed by atoms with Gasteiger partial charge in [-0.05, 0) is 24.5 Å². The number of amides is 2. The first-order valence-electron chi connectivity index (χ1n) is 8.96. The molecule has 2 fully saturated rings. The van der Waals surface area contributed by atoms with Crippen LogP contribution in [0.15, 0.2) is 36.4 Å². The lowest BCUT2D eigenvalue weighted by Crippen LogP contribution is -2.57. The maximum atomic E-state index is 12.6. The number of hydrogen-bond acceptors (Lipinski definition) is 4. The minimum absolute atomic E-state index is 0.0544. The molecule has 3 rings (SSSR count). The molecule has 26 heavy (non-hydrogen) atoms. The second kappa shape index (κ2) is 7.72. The number of piperazine rings is 1. The van der Waals surface area contributed by atoms with Crippen molar-refractivity contribution in [3.05, 3.63) is 42.0 Å². The summed E-state index contributed by atoms with van der Waals surface area (Å²) in [6, 6.07) is 9.29. The lowest BCUT2D eigenvalue weighted by Gasteiger charge is -2.39. The molecule has 0 unspecified atom stereocenters. The van der Waals surface area contributed by atoms with Gasteiger partial charge in [0.05, 0.1) is 19.1 Å². The Balaban J connectivity index is 1.71. The van der Waals surface area contributed by atoms with Gasteiger partial charge in [0.15, 0.2) is 0 Å². The Hall–Kier alpha value is -2.63. The van der Waals surface area contributed by atoms with Crippen molar-refractivity contribution in [2.24, 2.45) is 5.92 Å². The number of hydrogen-bond donors (Lipinski definition) is 0. The summed E-state index contributed by atoms with van der Waals surface area (Å²) in [6.07, 6.45) is 4.50. The minimum atomic E-state index is -0.311. The maximum Gasteiger partial charge on any atom is 0.310 e. The third-order valence-corrected chi connectivity index (χ3v) is 5.24. The Morgan fingerprint density at radius 1 is 1.27 bits per heavy atom. The zero-order chi connectivity index (χ0) is 18.7. The number of nitrogens with zero attached hydrogens (tertiary/aromatic N) is 2. The Morgan fingerprint density at radius 3 is 2.65 bits per heavy atom. The lowest BCUT2D eigenvalue weighted by molar-refractivity contribution is -0.149. The molecule has 0 aromatic heterocycles. The SMILES string of the molecule is CC[C@H]1[C@@H](C(=O)OC)C[C@H]2CN(C(=O)/C=C/c3ccccc3)CC(=O)N21. The molecule has 3 atom stereocenters. The van der Waals surface area contributed by atoms with Crippen molar-refractivity contribution in [3.8, 4) is 0 Å². The molecular formula is C20H24N2O4. The highest BCUT2D eigenvalue weighted by Crippen LogP contribution is 2.35. The van der Waals surface area contributed by atoms with Gasteiger partial charge in [0.1, 0.15) is 6.54 Å². The van der Waals surface area contributed by atoms with Crippen molar-refractivity contribution >= 4 is 23.9 Å². The second-order valence-electron chi connectivity index (χ2n) is 6.76. The topological polar surface area (TPSA) is 66.9 Å². The first kappa shape index (κ1) is 18.2. The van der Waals surface area contributed by atoms with Gasteiger partial charge in [-0.25, -0.2) is 0 Å². The zero-order valence-electron chi connectivity index (χ0n) is 15.1. The minimum Gasteiger partial charge on any atom is -0.469 e. The van der Waals surface area contributed by atoms with Crippen LogP contribution in [-0.4, -0.2) is 59.9 Å². The van der Waals surface area contributed by atoms with Crippen molar-refractivity contribution in [1.29, 1.82) is 0 Å². The summed E-state index contributed by atoms with van der Waals surface area (Å²) in [5, 5.41) is 0. The average molecular weight is 356 g/mol. The van der Waals surface area contributed by atoms with E-state index < -0.39 is 0 Å². The molecule has 6 heteroatoms. The summed E-state index contributed by atoms with van der Waals surface area (Å²) in [7, 11) is 1.37. The second-order valence-corrected chi connectivity index (χ2v) is 6.76. The number of methoxy groups -OCH3 is 1. The summed E-state index contributed by atoms with van der Waals surface area (Å²) >= 11 is 0. The molecule has 0 N–H and O–H groups in total. The van der Waals surface area contributed by atoms with Crippen LogP contribution in [0.5, 0.6) is 0 Å². The van der Waals surface area contributed by atoms with Crippen molar-refractivity contribution < 1.29 is 19.1 Å². The Bertz CT molecular complexity index is 716. The van der Waals surface area contributed by atoms with E-state index in [0.29, 0.717) is 19.4 Å². The molecule has 6 nitrogen and oxygen atoms in total. The van der Waals surface area contributed by atoms with Crippen LogP contribution < -0.4 is 0 Å². The molecule has 138 valence electrons. The highest BCUT2D eigenvalue weighted by atomic mass is 16.5. The van der Waals surface area contributed by atoms with Crippen LogP contribution in [0.25, 0.3) is 6.08 Å². The number of benzene rings is 1. The van der Waals surface area contributed by atoms with E-state index in [4.69, 9.17) is 4.74 Å². The van der Waals surface area contributed by atoms with Gasteiger partial charge >= 0.3 is 5.97 Å². The highest BCUT2D eigenvalue weighted by molar-refractivity contribution is 5.95. The fraction of sp³-hybridized carbons (Fsp3) is 0.450. The highest BCUT2D eigenvalue weighted by Gasteiger charge is 2.49. The van der Waals surface area contributed by atoms with Gasteiger partial charge < -0.3 is 14.5 Å². The number of rotatable bonds is 4. The summed E-state index contributed by atoms with van der Waals surface area (Å²) in [5.41, 5.74) is 0.934. The molecule has 0 spiro atoms. The van der Waals surface area contributed by atoms with E-state index >= 15 is 0 Å². The van der Waals surface area contributed by atoms with Crippen LogP contribution >= 0.6 is 0 Å². The van der Waals surface area contributed by atoms with E-state index in [-0.39, 0.29) is 42.3 Å².